The lowest BCUT2D eigenvalue weighted by molar-refractivity contribution is -0.133. The van der Waals surface area contributed by atoms with Gasteiger partial charge in [-0.1, -0.05) is 19.9 Å². The molecule has 0 spiro atoms. The summed E-state index contributed by atoms with van der Waals surface area (Å²) in [5.74, 6) is 1.52. The standard InChI is InChI=1S/C25H28FN5O/c1-17(2)12-24(32)31-11-5-7-19(16-31)25-29-22(18-6-4-10-27-15-18)14-23(30-25)28-21-9-3-8-20(26)13-21/h3-4,6,8-10,13-15,17,19H,5,7,11-12,16H2,1-2H3,(H,28,29,30)/t19-/m1/s1. The monoisotopic (exact) mass is 433 g/mol. The zero-order valence-corrected chi connectivity index (χ0v) is 18.5. The van der Waals surface area contributed by atoms with E-state index in [9.17, 15) is 9.18 Å². The second-order valence-electron chi connectivity index (χ2n) is 8.65. The van der Waals surface area contributed by atoms with E-state index in [1.807, 2.05) is 23.1 Å². The van der Waals surface area contributed by atoms with E-state index in [0.717, 1.165) is 30.6 Å². The van der Waals surface area contributed by atoms with Crippen molar-refractivity contribution < 1.29 is 9.18 Å². The Morgan fingerprint density at radius 2 is 2.09 bits per heavy atom. The molecule has 1 aromatic carbocycles. The summed E-state index contributed by atoms with van der Waals surface area (Å²) in [5, 5.41) is 3.20. The number of hydrogen-bond donors (Lipinski definition) is 1. The number of pyridine rings is 1. The van der Waals surface area contributed by atoms with Crippen molar-refractivity contribution in [1.82, 2.24) is 19.9 Å². The number of carbonyl (C=O) groups excluding carboxylic acids is 1. The van der Waals surface area contributed by atoms with Crippen molar-refractivity contribution in [1.29, 1.82) is 0 Å². The molecular formula is C25H28FN5O. The fraction of sp³-hybridized carbons (Fsp3) is 0.360. The number of carbonyl (C=O) groups is 1. The van der Waals surface area contributed by atoms with Gasteiger partial charge in [0, 0.05) is 55.1 Å². The molecule has 4 rings (SSSR count). The van der Waals surface area contributed by atoms with Crippen molar-refractivity contribution in [3.8, 4) is 11.3 Å². The van der Waals surface area contributed by atoms with Crippen LogP contribution in [0.25, 0.3) is 11.3 Å². The number of amides is 1. The maximum absolute atomic E-state index is 13.7. The van der Waals surface area contributed by atoms with Gasteiger partial charge in [-0.3, -0.25) is 9.78 Å². The summed E-state index contributed by atoms with van der Waals surface area (Å²) in [7, 11) is 0. The Morgan fingerprint density at radius 1 is 1.22 bits per heavy atom. The summed E-state index contributed by atoms with van der Waals surface area (Å²) >= 11 is 0. The fourth-order valence-corrected chi connectivity index (χ4v) is 3.98. The van der Waals surface area contributed by atoms with Crippen LogP contribution in [-0.4, -0.2) is 38.8 Å². The minimum Gasteiger partial charge on any atom is -0.342 e. The first-order chi connectivity index (χ1) is 15.5. The molecule has 1 saturated heterocycles. The SMILES string of the molecule is CC(C)CC(=O)N1CCC[C@@H](c2nc(Nc3cccc(F)c3)cc(-c3cccnc3)n2)C1. The van der Waals surface area contributed by atoms with Crippen molar-refractivity contribution >= 4 is 17.4 Å². The average Bonchev–Trinajstić information content (AvgIpc) is 2.79. The van der Waals surface area contributed by atoms with Gasteiger partial charge in [-0.15, -0.1) is 0 Å². The highest BCUT2D eigenvalue weighted by molar-refractivity contribution is 5.76. The van der Waals surface area contributed by atoms with Crippen LogP contribution in [0.2, 0.25) is 0 Å². The van der Waals surface area contributed by atoms with Gasteiger partial charge in [0.1, 0.15) is 17.5 Å². The van der Waals surface area contributed by atoms with Gasteiger partial charge in [0.2, 0.25) is 5.91 Å². The lowest BCUT2D eigenvalue weighted by Crippen LogP contribution is -2.40. The number of aromatic nitrogens is 3. The highest BCUT2D eigenvalue weighted by Crippen LogP contribution is 2.29. The first kappa shape index (κ1) is 21.9. The first-order valence-electron chi connectivity index (χ1n) is 11.1. The Hall–Kier alpha value is -3.35. The van der Waals surface area contributed by atoms with Crippen LogP contribution in [0.5, 0.6) is 0 Å². The van der Waals surface area contributed by atoms with Crippen LogP contribution < -0.4 is 5.32 Å². The number of halogens is 1. The van der Waals surface area contributed by atoms with E-state index in [4.69, 9.17) is 9.97 Å². The van der Waals surface area contributed by atoms with E-state index < -0.39 is 0 Å². The summed E-state index contributed by atoms with van der Waals surface area (Å²) in [4.78, 5) is 28.4. The molecule has 2 aromatic heterocycles. The van der Waals surface area contributed by atoms with Gasteiger partial charge in [-0.2, -0.15) is 0 Å². The Morgan fingerprint density at radius 3 is 2.84 bits per heavy atom. The van der Waals surface area contributed by atoms with Crippen molar-refractivity contribution in [2.45, 2.75) is 39.0 Å². The molecule has 1 fully saturated rings. The zero-order chi connectivity index (χ0) is 22.5. The maximum atomic E-state index is 13.7. The number of hydrogen-bond acceptors (Lipinski definition) is 5. The van der Waals surface area contributed by atoms with E-state index >= 15 is 0 Å². The van der Waals surface area contributed by atoms with Crippen LogP contribution in [0.3, 0.4) is 0 Å². The van der Waals surface area contributed by atoms with E-state index in [1.165, 1.54) is 12.1 Å². The predicted octanol–water partition coefficient (Wildman–Crippen LogP) is 5.17. The van der Waals surface area contributed by atoms with Gasteiger partial charge in [0.05, 0.1) is 5.69 Å². The van der Waals surface area contributed by atoms with Crippen molar-refractivity contribution in [2.75, 3.05) is 18.4 Å². The van der Waals surface area contributed by atoms with E-state index in [0.29, 0.717) is 36.2 Å². The van der Waals surface area contributed by atoms with Gasteiger partial charge in [-0.05, 0) is 49.1 Å². The van der Waals surface area contributed by atoms with Gasteiger partial charge in [-0.25, -0.2) is 14.4 Å². The molecule has 0 bridgehead atoms. The second kappa shape index (κ2) is 9.85. The van der Waals surface area contributed by atoms with Crippen molar-refractivity contribution in [3.63, 3.8) is 0 Å². The normalized spacial score (nSPS) is 16.2. The minimum absolute atomic E-state index is 0.0459. The molecule has 1 N–H and O–H groups in total. The Kier molecular flexibility index (Phi) is 6.73. The third-order valence-corrected chi connectivity index (χ3v) is 5.52. The molecule has 0 unspecified atom stereocenters. The third-order valence-electron chi connectivity index (χ3n) is 5.52. The average molecular weight is 434 g/mol. The molecule has 0 aliphatic carbocycles. The fourth-order valence-electron chi connectivity index (χ4n) is 3.98. The molecule has 1 aliphatic rings. The molecule has 1 atom stereocenters. The Labute approximate surface area is 187 Å². The van der Waals surface area contributed by atoms with Crippen LogP contribution in [0.4, 0.5) is 15.9 Å². The maximum Gasteiger partial charge on any atom is 0.222 e. The van der Waals surface area contributed by atoms with E-state index in [-0.39, 0.29) is 17.6 Å². The quantitative estimate of drug-likeness (QED) is 0.580. The minimum atomic E-state index is -0.316. The molecule has 3 aromatic rings. The molecule has 7 heteroatoms. The van der Waals surface area contributed by atoms with Gasteiger partial charge >= 0.3 is 0 Å². The molecule has 3 heterocycles. The summed E-state index contributed by atoms with van der Waals surface area (Å²) in [5.41, 5.74) is 2.23. The van der Waals surface area contributed by atoms with Crippen LogP contribution >= 0.6 is 0 Å². The topological polar surface area (TPSA) is 71.0 Å². The van der Waals surface area contributed by atoms with Crippen molar-refractivity contribution in [2.24, 2.45) is 5.92 Å². The second-order valence-corrected chi connectivity index (χ2v) is 8.65. The number of piperidine rings is 1. The van der Waals surface area contributed by atoms with Gasteiger partial charge in [0.15, 0.2) is 0 Å². The third kappa shape index (κ3) is 5.46. The van der Waals surface area contributed by atoms with Crippen LogP contribution in [0.15, 0.2) is 54.9 Å². The highest BCUT2D eigenvalue weighted by Gasteiger charge is 2.27. The van der Waals surface area contributed by atoms with Crippen molar-refractivity contribution in [3.05, 3.63) is 66.5 Å². The molecule has 166 valence electrons. The zero-order valence-electron chi connectivity index (χ0n) is 18.5. The first-order valence-corrected chi connectivity index (χ1v) is 11.1. The number of nitrogens with one attached hydrogen (secondary N) is 1. The summed E-state index contributed by atoms with van der Waals surface area (Å²) in [6.45, 7) is 5.51. The Balaban J connectivity index is 1.65. The van der Waals surface area contributed by atoms with Crippen LogP contribution in [-0.2, 0) is 4.79 Å². The predicted molar refractivity (Wildman–Crippen MR) is 123 cm³/mol. The van der Waals surface area contributed by atoms with E-state index in [2.05, 4.69) is 24.1 Å². The van der Waals surface area contributed by atoms with Crippen LogP contribution in [0.1, 0.15) is 44.9 Å². The molecule has 0 saturated carbocycles. The molecule has 32 heavy (non-hydrogen) atoms. The van der Waals surface area contributed by atoms with Gasteiger partial charge < -0.3 is 10.2 Å². The van der Waals surface area contributed by atoms with Gasteiger partial charge in [0.25, 0.3) is 0 Å². The largest absolute Gasteiger partial charge is 0.342 e. The number of nitrogens with zero attached hydrogens (tertiary/aromatic N) is 4. The summed E-state index contributed by atoms with van der Waals surface area (Å²) in [6.07, 6.45) is 5.87. The summed E-state index contributed by atoms with van der Waals surface area (Å²) in [6, 6.07) is 11.9. The van der Waals surface area contributed by atoms with Crippen LogP contribution in [0, 0.1) is 11.7 Å². The lowest BCUT2D eigenvalue weighted by Gasteiger charge is -2.32. The number of rotatable bonds is 6. The number of anilines is 2. The molecule has 1 amide bonds. The molecule has 6 nitrogen and oxygen atoms in total. The number of benzene rings is 1. The molecule has 1 aliphatic heterocycles. The molecular weight excluding hydrogens is 405 g/mol. The van der Waals surface area contributed by atoms with E-state index in [1.54, 1.807) is 24.5 Å². The lowest BCUT2D eigenvalue weighted by atomic mass is 9.96. The summed E-state index contributed by atoms with van der Waals surface area (Å²) < 4.78 is 13.7. The smallest absolute Gasteiger partial charge is 0.222 e. The molecule has 0 radical (unpaired) electrons. The highest BCUT2D eigenvalue weighted by atomic mass is 19.1. The number of likely N-dealkylation sites (tertiary alicyclic amines) is 1. The Bertz CT molecular complexity index is 1070.